The fourth-order valence-electron chi connectivity index (χ4n) is 2.29. The van der Waals surface area contributed by atoms with E-state index >= 15 is 0 Å². The average Bonchev–Trinajstić information content (AvgIpc) is 3.22. The molecule has 7 heteroatoms. The van der Waals surface area contributed by atoms with Gasteiger partial charge in [0.15, 0.2) is 9.37 Å². The third-order valence-corrected chi connectivity index (χ3v) is 5.38. The third kappa shape index (κ3) is 3.00. The standard InChI is InChI=1S/C17H13N3O2S2/c1-2-21-12-8-9-13-14(10-12)23-17(18-13)24-16-15(19-22-20-16)11-6-4-3-5-7-11/h3-10H,2H2,1H3. The quantitative estimate of drug-likeness (QED) is 0.508. The highest BCUT2D eigenvalue weighted by atomic mass is 32.2. The van der Waals surface area contributed by atoms with E-state index in [2.05, 4.69) is 15.3 Å². The van der Waals surface area contributed by atoms with Gasteiger partial charge in [-0.25, -0.2) is 9.61 Å². The van der Waals surface area contributed by atoms with E-state index in [1.54, 1.807) is 11.3 Å². The molecule has 0 saturated carbocycles. The molecule has 2 aromatic carbocycles. The second-order valence-electron chi connectivity index (χ2n) is 4.93. The maximum Gasteiger partial charge on any atom is 0.176 e. The van der Waals surface area contributed by atoms with Crippen molar-refractivity contribution in [3.63, 3.8) is 0 Å². The van der Waals surface area contributed by atoms with Crippen LogP contribution in [0.3, 0.4) is 0 Å². The summed E-state index contributed by atoms with van der Waals surface area (Å²) in [5, 5.41) is 8.76. The fourth-order valence-corrected chi connectivity index (χ4v) is 4.32. The summed E-state index contributed by atoms with van der Waals surface area (Å²) >= 11 is 3.06. The fraction of sp³-hybridized carbons (Fsp3) is 0.118. The van der Waals surface area contributed by atoms with Crippen LogP contribution in [0.5, 0.6) is 5.75 Å². The van der Waals surface area contributed by atoms with Gasteiger partial charge in [-0.15, -0.1) is 11.3 Å². The van der Waals surface area contributed by atoms with Crippen LogP contribution in [0.2, 0.25) is 0 Å². The molecular weight excluding hydrogens is 342 g/mol. The molecule has 120 valence electrons. The molecular formula is C17H13N3O2S2. The van der Waals surface area contributed by atoms with E-state index in [0.717, 1.165) is 31.6 Å². The van der Waals surface area contributed by atoms with Crippen molar-refractivity contribution in [2.75, 3.05) is 6.61 Å². The van der Waals surface area contributed by atoms with E-state index in [1.165, 1.54) is 11.8 Å². The first kappa shape index (κ1) is 15.2. The van der Waals surface area contributed by atoms with E-state index in [4.69, 9.17) is 9.37 Å². The number of rotatable bonds is 5. The second kappa shape index (κ2) is 6.62. The van der Waals surface area contributed by atoms with Crippen molar-refractivity contribution in [1.29, 1.82) is 0 Å². The van der Waals surface area contributed by atoms with E-state index in [-0.39, 0.29) is 0 Å². The minimum atomic E-state index is 0.650. The average molecular weight is 355 g/mol. The van der Waals surface area contributed by atoms with Crippen molar-refractivity contribution in [2.24, 2.45) is 0 Å². The Balaban J connectivity index is 1.64. The Morgan fingerprint density at radius 3 is 2.83 bits per heavy atom. The lowest BCUT2D eigenvalue weighted by Crippen LogP contribution is -1.89. The molecule has 0 bridgehead atoms. The normalized spacial score (nSPS) is 11.0. The molecule has 0 N–H and O–H groups in total. The maximum absolute atomic E-state index is 5.54. The zero-order valence-corrected chi connectivity index (χ0v) is 14.4. The third-order valence-electron chi connectivity index (χ3n) is 3.34. The van der Waals surface area contributed by atoms with Crippen LogP contribution in [0, 0.1) is 0 Å². The molecule has 2 aromatic heterocycles. The van der Waals surface area contributed by atoms with Crippen LogP contribution < -0.4 is 4.74 Å². The zero-order chi connectivity index (χ0) is 16.4. The summed E-state index contributed by atoms with van der Waals surface area (Å²) in [5.41, 5.74) is 2.65. The van der Waals surface area contributed by atoms with E-state index in [0.29, 0.717) is 11.6 Å². The number of hydrogen-bond donors (Lipinski definition) is 0. The van der Waals surface area contributed by atoms with E-state index in [9.17, 15) is 0 Å². The largest absolute Gasteiger partial charge is 0.494 e. The highest BCUT2D eigenvalue weighted by molar-refractivity contribution is 8.01. The van der Waals surface area contributed by atoms with Gasteiger partial charge in [-0.1, -0.05) is 30.3 Å². The van der Waals surface area contributed by atoms with Gasteiger partial charge in [-0.3, -0.25) is 0 Å². The molecule has 0 atom stereocenters. The van der Waals surface area contributed by atoms with Gasteiger partial charge >= 0.3 is 0 Å². The summed E-state index contributed by atoms with van der Waals surface area (Å²) in [6, 6.07) is 15.8. The van der Waals surface area contributed by atoms with Crippen molar-refractivity contribution in [3.05, 3.63) is 48.5 Å². The van der Waals surface area contributed by atoms with Crippen LogP contribution in [-0.4, -0.2) is 21.9 Å². The number of nitrogens with zero attached hydrogens (tertiary/aromatic N) is 3. The van der Waals surface area contributed by atoms with Crippen molar-refractivity contribution in [1.82, 2.24) is 15.3 Å². The number of aromatic nitrogens is 3. The molecule has 0 amide bonds. The molecule has 0 spiro atoms. The first-order chi connectivity index (χ1) is 11.8. The Hall–Kier alpha value is -2.38. The van der Waals surface area contributed by atoms with Crippen molar-refractivity contribution >= 4 is 33.3 Å². The summed E-state index contributed by atoms with van der Waals surface area (Å²) in [7, 11) is 0. The molecule has 0 radical (unpaired) electrons. The Kier molecular flexibility index (Phi) is 4.18. The molecule has 0 aliphatic heterocycles. The first-order valence-electron chi connectivity index (χ1n) is 7.42. The Bertz CT molecular complexity index is 966. The van der Waals surface area contributed by atoms with Crippen LogP contribution in [0.25, 0.3) is 21.5 Å². The summed E-state index contributed by atoms with van der Waals surface area (Å²) in [6.45, 7) is 2.62. The predicted molar refractivity (Wildman–Crippen MR) is 94.6 cm³/mol. The van der Waals surface area contributed by atoms with E-state index in [1.807, 2.05) is 55.5 Å². The molecule has 0 fully saturated rings. The summed E-state index contributed by atoms with van der Waals surface area (Å²) in [6.07, 6.45) is 0. The van der Waals surface area contributed by atoms with Crippen LogP contribution in [0.15, 0.2) is 62.5 Å². The Morgan fingerprint density at radius 2 is 2.00 bits per heavy atom. The lowest BCUT2D eigenvalue weighted by atomic mass is 10.2. The minimum Gasteiger partial charge on any atom is -0.494 e. The van der Waals surface area contributed by atoms with Crippen molar-refractivity contribution in [2.45, 2.75) is 16.3 Å². The molecule has 5 nitrogen and oxygen atoms in total. The number of benzene rings is 2. The van der Waals surface area contributed by atoms with Gasteiger partial charge in [0.1, 0.15) is 11.4 Å². The molecule has 2 heterocycles. The van der Waals surface area contributed by atoms with Gasteiger partial charge in [-0.2, -0.15) is 0 Å². The number of thiazole rings is 1. The molecule has 0 aliphatic rings. The van der Waals surface area contributed by atoms with Crippen LogP contribution in [-0.2, 0) is 0 Å². The predicted octanol–water partition coefficient (Wildman–Crippen LogP) is 4.90. The summed E-state index contributed by atoms with van der Waals surface area (Å²) in [5.74, 6) is 0.860. The second-order valence-corrected chi connectivity index (χ2v) is 7.19. The van der Waals surface area contributed by atoms with Crippen molar-refractivity contribution < 1.29 is 9.37 Å². The molecule has 0 unspecified atom stereocenters. The minimum absolute atomic E-state index is 0.650. The number of fused-ring (bicyclic) bond motifs is 1. The molecule has 24 heavy (non-hydrogen) atoms. The summed E-state index contributed by atoms with van der Waals surface area (Å²) < 4.78 is 12.5. The van der Waals surface area contributed by atoms with Gasteiger partial charge in [0.2, 0.25) is 0 Å². The highest BCUT2D eigenvalue weighted by Gasteiger charge is 2.16. The first-order valence-corrected chi connectivity index (χ1v) is 9.06. The van der Waals surface area contributed by atoms with Crippen LogP contribution >= 0.6 is 23.1 Å². The van der Waals surface area contributed by atoms with Crippen LogP contribution in [0.1, 0.15) is 6.92 Å². The van der Waals surface area contributed by atoms with E-state index < -0.39 is 0 Å². The topological polar surface area (TPSA) is 61.0 Å². The number of hydrogen-bond acceptors (Lipinski definition) is 7. The zero-order valence-electron chi connectivity index (χ0n) is 12.8. The molecule has 4 aromatic rings. The molecule has 0 aliphatic carbocycles. The van der Waals surface area contributed by atoms with Crippen molar-refractivity contribution in [3.8, 4) is 17.0 Å². The Morgan fingerprint density at radius 1 is 1.12 bits per heavy atom. The lowest BCUT2D eigenvalue weighted by Gasteiger charge is -2.00. The monoisotopic (exact) mass is 355 g/mol. The van der Waals surface area contributed by atoms with Gasteiger partial charge < -0.3 is 4.74 Å². The SMILES string of the molecule is CCOc1ccc2nc(Sc3nonc3-c3ccccc3)sc2c1. The lowest BCUT2D eigenvalue weighted by molar-refractivity contribution is 0.299. The van der Waals surface area contributed by atoms with Crippen LogP contribution in [0.4, 0.5) is 0 Å². The number of ether oxygens (including phenoxy) is 1. The smallest absolute Gasteiger partial charge is 0.176 e. The van der Waals surface area contributed by atoms with Gasteiger partial charge in [0.05, 0.1) is 16.8 Å². The van der Waals surface area contributed by atoms with Gasteiger partial charge in [0, 0.05) is 5.56 Å². The highest BCUT2D eigenvalue weighted by Crippen LogP contribution is 2.38. The maximum atomic E-state index is 5.54. The molecule has 0 saturated heterocycles. The summed E-state index contributed by atoms with van der Waals surface area (Å²) in [4.78, 5) is 4.64. The van der Waals surface area contributed by atoms with Gasteiger partial charge in [0.25, 0.3) is 0 Å². The molecule has 4 rings (SSSR count). The Labute approximate surface area is 146 Å². The van der Waals surface area contributed by atoms with Gasteiger partial charge in [-0.05, 0) is 47.2 Å².